The van der Waals surface area contributed by atoms with Gasteiger partial charge in [0.25, 0.3) is 0 Å². The first kappa shape index (κ1) is 29.8. The molecule has 50 heavy (non-hydrogen) atoms. The topological polar surface area (TPSA) is 61.3 Å². The van der Waals surface area contributed by atoms with Crippen LogP contribution in [0.2, 0.25) is 0 Å². The zero-order valence-electron chi connectivity index (χ0n) is 27.4. The Labute approximate surface area is 292 Å². The van der Waals surface area contributed by atoms with Crippen molar-refractivity contribution >= 4 is 28.5 Å². The van der Waals surface area contributed by atoms with E-state index in [-0.39, 0.29) is 12.3 Å². The molecule has 3 heterocycles. The molecule has 2 aliphatic rings. The predicted molar refractivity (Wildman–Crippen MR) is 207 cm³/mol. The second-order valence-corrected chi connectivity index (χ2v) is 12.8. The Balaban J connectivity index is 1.13. The minimum atomic E-state index is -0.268. The third kappa shape index (κ3) is 5.74. The lowest BCUT2D eigenvalue weighted by Gasteiger charge is -2.32. The number of nitrogens with one attached hydrogen (secondary N) is 3. The van der Waals surface area contributed by atoms with Crippen LogP contribution in [0.3, 0.4) is 0 Å². The molecule has 240 valence electrons. The lowest BCUT2D eigenvalue weighted by Crippen LogP contribution is -2.44. The zero-order valence-corrected chi connectivity index (χ0v) is 27.4. The Bertz CT molecular complexity index is 2370. The molecule has 2 aliphatic heterocycles. The Hall–Kier alpha value is -6.30. The highest BCUT2D eigenvalue weighted by molar-refractivity contribution is 6.03. The van der Waals surface area contributed by atoms with Gasteiger partial charge in [0.2, 0.25) is 0 Å². The largest absolute Gasteiger partial charge is 0.379 e. The number of pyridine rings is 1. The molecule has 0 amide bonds. The van der Waals surface area contributed by atoms with Gasteiger partial charge >= 0.3 is 0 Å². The smallest absolute Gasteiger partial charge is 0.131 e. The van der Waals surface area contributed by atoms with Crippen LogP contribution < -0.4 is 16.0 Å². The minimum Gasteiger partial charge on any atom is -0.379 e. The molecule has 3 N–H and O–H groups in total. The number of anilines is 1. The lowest BCUT2D eigenvalue weighted by atomic mass is 9.93. The van der Waals surface area contributed by atoms with Crippen molar-refractivity contribution in [2.75, 3.05) is 11.9 Å². The molecule has 0 saturated heterocycles. The molecule has 9 rings (SSSR count). The first-order chi connectivity index (χ1) is 24.8. The van der Waals surface area contributed by atoms with Crippen LogP contribution >= 0.6 is 0 Å². The predicted octanol–water partition coefficient (Wildman–Crippen LogP) is 10.0. The van der Waals surface area contributed by atoms with Crippen molar-refractivity contribution in [3.63, 3.8) is 0 Å². The van der Waals surface area contributed by atoms with Crippen LogP contribution in [0.25, 0.3) is 50.4 Å². The highest BCUT2D eigenvalue weighted by Gasteiger charge is 2.26. The maximum absolute atomic E-state index is 5.26. The van der Waals surface area contributed by atoms with Gasteiger partial charge in [-0.15, -0.1) is 0 Å². The van der Waals surface area contributed by atoms with Crippen molar-refractivity contribution in [3.8, 4) is 33.4 Å². The highest BCUT2D eigenvalue weighted by atomic mass is 15.3. The third-order valence-electron chi connectivity index (χ3n) is 9.59. The van der Waals surface area contributed by atoms with Crippen LogP contribution in [-0.2, 0) is 0 Å². The van der Waals surface area contributed by atoms with Crippen molar-refractivity contribution in [2.45, 2.75) is 12.3 Å². The molecular weight excluding hydrogens is 611 g/mol. The van der Waals surface area contributed by atoms with E-state index in [2.05, 4.69) is 174 Å². The fraction of sp³-hybridized carbons (Fsp3) is 0.0667. The Morgan fingerprint density at radius 3 is 1.96 bits per heavy atom. The van der Waals surface area contributed by atoms with Gasteiger partial charge in [-0.2, -0.15) is 0 Å². The molecule has 1 aromatic heterocycles. The summed E-state index contributed by atoms with van der Waals surface area (Å²) in [5.74, 6) is 0.872. The van der Waals surface area contributed by atoms with Gasteiger partial charge in [0, 0.05) is 23.7 Å². The molecule has 2 unspecified atom stereocenters. The van der Waals surface area contributed by atoms with E-state index in [0.717, 1.165) is 67.9 Å². The fourth-order valence-electron chi connectivity index (χ4n) is 7.06. The third-order valence-corrected chi connectivity index (χ3v) is 9.59. The molecule has 0 radical (unpaired) electrons. The number of fused-ring (bicyclic) bond motifs is 3. The monoisotopic (exact) mass is 645 g/mol. The average Bonchev–Trinajstić information content (AvgIpc) is 3.21. The number of nitrogens with zero attached hydrogens (tertiary/aromatic N) is 2. The van der Waals surface area contributed by atoms with Gasteiger partial charge in [-0.05, 0) is 74.3 Å². The number of hydrogen-bond acceptors (Lipinski definition) is 5. The van der Waals surface area contributed by atoms with Crippen molar-refractivity contribution in [3.05, 3.63) is 186 Å². The molecule has 0 aliphatic carbocycles. The van der Waals surface area contributed by atoms with Gasteiger partial charge in [0.15, 0.2) is 0 Å². The summed E-state index contributed by atoms with van der Waals surface area (Å²) in [6, 6.07) is 53.7. The van der Waals surface area contributed by atoms with Crippen LogP contribution in [0.15, 0.2) is 169 Å². The van der Waals surface area contributed by atoms with E-state index in [9.17, 15) is 0 Å². The van der Waals surface area contributed by atoms with E-state index >= 15 is 0 Å². The summed E-state index contributed by atoms with van der Waals surface area (Å²) in [5.41, 5.74) is 13.6. The van der Waals surface area contributed by atoms with Crippen LogP contribution in [0.1, 0.15) is 34.6 Å². The van der Waals surface area contributed by atoms with Crippen LogP contribution in [0, 0.1) is 0 Å². The van der Waals surface area contributed by atoms with E-state index in [4.69, 9.17) is 9.98 Å². The van der Waals surface area contributed by atoms with E-state index in [1.165, 1.54) is 16.7 Å². The van der Waals surface area contributed by atoms with Crippen LogP contribution in [0.4, 0.5) is 5.69 Å². The summed E-state index contributed by atoms with van der Waals surface area (Å²) in [5, 5.41) is 12.1. The Morgan fingerprint density at radius 2 is 1.22 bits per heavy atom. The number of amidine groups is 1. The Morgan fingerprint density at radius 1 is 0.560 bits per heavy atom. The number of hydrogen-bond donors (Lipinski definition) is 3. The molecule has 0 bridgehead atoms. The average molecular weight is 646 g/mol. The minimum absolute atomic E-state index is 0.107. The van der Waals surface area contributed by atoms with Crippen LogP contribution in [0.5, 0.6) is 0 Å². The van der Waals surface area contributed by atoms with Gasteiger partial charge in [-0.25, -0.2) is 4.99 Å². The van der Waals surface area contributed by atoms with Crippen molar-refractivity contribution in [2.24, 2.45) is 4.99 Å². The standard InChI is InChI=1S/C45H35N5/c1-4-11-30(12-5-1)36-27-37(31-18-20-32(21-19-31)39-24-26-47-42-40(39)23-22-33-17-10-25-46-41(33)42)29-38(28-36)45-49-43(34-13-6-2-7-14-34)48-44(50-45)35-15-8-3-9-16-35/h1-24,26-29,43,45-46,49H,25H2,(H,48,50). The van der Waals surface area contributed by atoms with Gasteiger partial charge in [0.1, 0.15) is 18.2 Å². The zero-order chi connectivity index (χ0) is 33.3. The number of aromatic nitrogens is 1. The maximum Gasteiger partial charge on any atom is 0.131 e. The molecule has 0 spiro atoms. The number of benzene rings is 6. The summed E-state index contributed by atoms with van der Waals surface area (Å²) in [6.45, 7) is 0.815. The molecule has 6 aromatic carbocycles. The summed E-state index contributed by atoms with van der Waals surface area (Å²) in [7, 11) is 0. The summed E-state index contributed by atoms with van der Waals surface area (Å²) in [6.07, 6.45) is 5.86. The van der Waals surface area contributed by atoms with Crippen molar-refractivity contribution in [1.29, 1.82) is 0 Å². The summed E-state index contributed by atoms with van der Waals surface area (Å²) < 4.78 is 0. The second-order valence-electron chi connectivity index (χ2n) is 12.8. The molecule has 7 aromatic rings. The van der Waals surface area contributed by atoms with Gasteiger partial charge in [-0.1, -0.05) is 140 Å². The van der Waals surface area contributed by atoms with Crippen LogP contribution in [-0.4, -0.2) is 17.4 Å². The first-order valence-electron chi connectivity index (χ1n) is 17.1. The first-order valence-corrected chi connectivity index (χ1v) is 17.1. The van der Waals surface area contributed by atoms with E-state index in [0.29, 0.717) is 0 Å². The Kier molecular flexibility index (Phi) is 7.72. The lowest BCUT2D eigenvalue weighted by molar-refractivity contribution is 0.409. The summed E-state index contributed by atoms with van der Waals surface area (Å²) in [4.78, 5) is 10.0. The molecule has 2 atom stereocenters. The molecule has 0 fully saturated rings. The van der Waals surface area contributed by atoms with Gasteiger partial charge in [-0.3, -0.25) is 10.3 Å². The number of rotatable bonds is 6. The quantitative estimate of drug-likeness (QED) is 0.168. The maximum atomic E-state index is 5.26. The number of aliphatic imine (C=N–C) groups is 1. The normalized spacial score (nSPS) is 16.6. The van der Waals surface area contributed by atoms with Crippen molar-refractivity contribution in [1.82, 2.24) is 15.6 Å². The van der Waals surface area contributed by atoms with E-state index in [1.54, 1.807) is 0 Å². The van der Waals surface area contributed by atoms with Gasteiger partial charge in [0.05, 0.1) is 11.2 Å². The van der Waals surface area contributed by atoms with E-state index < -0.39 is 0 Å². The highest BCUT2D eigenvalue weighted by Crippen LogP contribution is 2.37. The molecular formula is C45H35N5. The molecule has 0 saturated carbocycles. The fourth-order valence-corrected chi connectivity index (χ4v) is 7.06. The van der Waals surface area contributed by atoms with E-state index in [1.807, 2.05) is 12.3 Å². The van der Waals surface area contributed by atoms with Crippen molar-refractivity contribution < 1.29 is 0 Å². The summed E-state index contributed by atoms with van der Waals surface area (Å²) >= 11 is 0. The second kappa shape index (κ2) is 13.0. The SMILES string of the molecule is C1=Cc2ccc3c(-c4ccc(-c5cc(-c6ccccc6)cc(C6N=C(c7ccccc7)NC(c7ccccc7)N6)c5)cc4)ccnc3c2NC1. The molecule has 5 heteroatoms. The molecule has 5 nitrogen and oxygen atoms in total. The van der Waals surface area contributed by atoms with Gasteiger partial charge < -0.3 is 10.6 Å².